The van der Waals surface area contributed by atoms with Crippen molar-refractivity contribution in [3.05, 3.63) is 42.1 Å². The number of rotatable bonds is 3. The van der Waals surface area contributed by atoms with E-state index in [1.165, 1.54) is 0 Å². The summed E-state index contributed by atoms with van der Waals surface area (Å²) in [6.45, 7) is 2.51. The molecule has 0 aliphatic heterocycles. The molecule has 0 fully saturated rings. The van der Waals surface area contributed by atoms with E-state index in [1.807, 2.05) is 19.1 Å². The van der Waals surface area contributed by atoms with Gasteiger partial charge in [0.05, 0.1) is 24.1 Å². The van der Waals surface area contributed by atoms with Crippen LogP contribution in [0.4, 0.5) is 5.82 Å². The first-order valence-electron chi connectivity index (χ1n) is 4.64. The second-order valence-electron chi connectivity index (χ2n) is 3.11. The summed E-state index contributed by atoms with van der Waals surface area (Å²) in [5, 5.41) is 10.8. The first kappa shape index (κ1) is 9.51. The summed E-state index contributed by atoms with van der Waals surface area (Å²) in [5.41, 5.74) is 1.80. The third-order valence-corrected chi connectivity index (χ3v) is 1.86. The van der Waals surface area contributed by atoms with Crippen LogP contribution in [0.5, 0.6) is 0 Å². The molecule has 2 heterocycles. The lowest BCUT2D eigenvalue weighted by molar-refractivity contribution is 0.953. The van der Waals surface area contributed by atoms with Gasteiger partial charge in [0.15, 0.2) is 0 Å². The van der Waals surface area contributed by atoms with Crippen LogP contribution in [0.3, 0.4) is 0 Å². The van der Waals surface area contributed by atoms with Gasteiger partial charge < -0.3 is 5.32 Å². The van der Waals surface area contributed by atoms with Crippen LogP contribution in [0.1, 0.15) is 11.4 Å². The smallest absolute Gasteiger partial charge is 0.148 e. The molecule has 0 radical (unpaired) electrons. The summed E-state index contributed by atoms with van der Waals surface area (Å²) in [5.74, 6) is 0.736. The number of hydrogen-bond donors (Lipinski definition) is 1. The third kappa shape index (κ3) is 2.70. The molecule has 2 rings (SSSR count). The number of anilines is 1. The van der Waals surface area contributed by atoms with Crippen LogP contribution in [0.15, 0.2) is 30.7 Å². The Bertz CT molecular complexity index is 412. The highest BCUT2D eigenvalue weighted by Crippen LogP contribution is 2.01. The minimum absolute atomic E-state index is 0.603. The molecule has 0 amide bonds. The summed E-state index contributed by atoms with van der Waals surface area (Å²) in [6, 6.07) is 3.69. The first-order valence-corrected chi connectivity index (χ1v) is 4.64. The van der Waals surface area contributed by atoms with Crippen molar-refractivity contribution >= 4 is 5.82 Å². The van der Waals surface area contributed by atoms with Gasteiger partial charge in [-0.2, -0.15) is 5.10 Å². The van der Waals surface area contributed by atoms with E-state index in [4.69, 9.17) is 0 Å². The Morgan fingerprint density at radius 2 is 2.20 bits per heavy atom. The molecule has 2 aromatic rings. The predicted octanol–water partition coefficient (Wildman–Crippen LogP) is 1.19. The molecule has 0 aromatic carbocycles. The zero-order valence-corrected chi connectivity index (χ0v) is 8.38. The Balaban J connectivity index is 1.96. The maximum absolute atomic E-state index is 4.22. The molecule has 1 N–H and O–H groups in total. The molecular weight excluding hydrogens is 190 g/mol. The second kappa shape index (κ2) is 4.45. The fourth-order valence-corrected chi connectivity index (χ4v) is 1.09. The number of nitrogens with zero attached hydrogens (tertiary/aromatic N) is 4. The van der Waals surface area contributed by atoms with Crippen molar-refractivity contribution in [2.24, 2.45) is 0 Å². The van der Waals surface area contributed by atoms with Gasteiger partial charge in [-0.25, -0.2) is 0 Å². The van der Waals surface area contributed by atoms with E-state index < -0.39 is 0 Å². The van der Waals surface area contributed by atoms with Gasteiger partial charge in [0.2, 0.25) is 0 Å². The molecular formula is C10H11N5. The maximum Gasteiger partial charge on any atom is 0.148 e. The molecule has 5 nitrogen and oxygen atoms in total. The van der Waals surface area contributed by atoms with Gasteiger partial charge in [-0.3, -0.25) is 9.97 Å². The number of nitrogens with one attached hydrogen (secondary N) is 1. The second-order valence-corrected chi connectivity index (χ2v) is 3.11. The highest BCUT2D eigenvalue weighted by atomic mass is 15.2. The summed E-state index contributed by atoms with van der Waals surface area (Å²) in [7, 11) is 0. The summed E-state index contributed by atoms with van der Waals surface area (Å²) >= 11 is 0. The Morgan fingerprint density at radius 3 is 2.87 bits per heavy atom. The summed E-state index contributed by atoms with van der Waals surface area (Å²) < 4.78 is 0. The van der Waals surface area contributed by atoms with E-state index in [0.29, 0.717) is 6.54 Å². The van der Waals surface area contributed by atoms with Gasteiger partial charge in [0.1, 0.15) is 5.82 Å². The van der Waals surface area contributed by atoms with Gasteiger partial charge in [0, 0.05) is 12.4 Å². The highest BCUT2D eigenvalue weighted by Gasteiger charge is 1.96. The zero-order valence-electron chi connectivity index (χ0n) is 8.38. The van der Waals surface area contributed by atoms with Crippen LogP contribution in [0.25, 0.3) is 0 Å². The number of hydrogen-bond acceptors (Lipinski definition) is 5. The molecule has 15 heavy (non-hydrogen) atoms. The van der Waals surface area contributed by atoms with Gasteiger partial charge in [-0.05, 0) is 19.1 Å². The molecule has 0 atom stereocenters. The Kier molecular flexibility index (Phi) is 2.82. The molecule has 76 valence electrons. The van der Waals surface area contributed by atoms with Gasteiger partial charge in [-0.15, -0.1) is 5.10 Å². The van der Waals surface area contributed by atoms with Crippen LogP contribution in [-0.4, -0.2) is 20.2 Å². The predicted molar refractivity (Wildman–Crippen MR) is 56.1 cm³/mol. The SMILES string of the molecule is Cc1cnc(CNc2cccnn2)cn1. The van der Waals surface area contributed by atoms with Crippen LogP contribution < -0.4 is 5.32 Å². The Labute approximate surface area is 87.6 Å². The number of aromatic nitrogens is 4. The lowest BCUT2D eigenvalue weighted by Crippen LogP contribution is -2.04. The van der Waals surface area contributed by atoms with Crippen molar-refractivity contribution in [2.75, 3.05) is 5.32 Å². The lowest BCUT2D eigenvalue weighted by Gasteiger charge is -2.03. The Hall–Kier alpha value is -2.04. The fourth-order valence-electron chi connectivity index (χ4n) is 1.09. The Morgan fingerprint density at radius 1 is 1.27 bits per heavy atom. The average molecular weight is 201 g/mol. The number of aryl methyl sites for hydroxylation is 1. The van der Waals surface area contributed by atoms with Crippen LogP contribution >= 0.6 is 0 Å². The molecule has 0 saturated carbocycles. The normalized spacial score (nSPS) is 9.93. The summed E-state index contributed by atoms with van der Waals surface area (Å²) in [6.07, 6.45) is 5.13. The van der Waals surface area contributed by atoms with Crippen LogP contribution in [0, 0.1) is 6.92 Å². The standard InChI is InChI=1S/C10H11N5/c1-8-5-12-9(6-11-8)7-13-10-3-2-4-14-15-10/h2-6H,7H2,1H3,(H,13,15). The fraction of sp³-hybridized carbons (Fsp3) is 0.200. The highest BCUT2D eigenvalue weighted by molar-refractivity contribution is 5.31. The largest absolute Gasteiger partial charge is 0.363 e. The molecule has 0 saturated heterocycles. The quantitative estimate of drug-likeness (QED) is 0.808. The monoisotopic (exact) mass is 201 g/mol. The van der Waals surface area contributed by atoms with Crippen molar-refractivity contribution < 1.29 is 0 Å². The van der Waals surface area contributed by atoms with E-state index in [9.17, 15) is 0 Å². The minimum Gasteiger partial charge on any atom is -0.363 e. The van der Waals surface area contributed by atoms with E-state index in [1.54, 1.807) is 18.6 Å². The molecule has 2 aromatic heterocycles. The molecule has 0 spiro atoms. The third-order valence-electron chi connectivity index (χ3n) is 1.86. The van der Waals surface area contributed by atoms with Crippen molar-refractivity contribution in [1.82, 2.24) is 20.2 Å². The van der Waals surface area contributed by atoms with Crippen LogP contribution in [-0.2, 0) is 6.54 Å². The minimum atomic E-state index is 0.603. The van der Waals surface area contributed by atoms with Gasteiger partial charge >= 0.3 is 0 Å². The van der Waals surface area contributed by atoms with Crippen molar-refractivity contribution in [1.29, 1.82) is 0 Å². The topological polar surface area (TPSA) is 63.6 Å². The summed E-state index contributed by atoms with van der Waals surface area (Å²) in [4.78, 5) is 8.37. The molecule has 0 aliphatic carbocycles. The van der Waals surface area contributed by atoms with Crippen molar-refractivity contribution in [3.63, 3.8) is 0 Å². The first-order chi connectivity index (χ1) is 7.34. The van der Waals surface area contributed by atoms with Crippen molar-refractivity contribution in [3.8, 4) is 0 Å². The van der Waals surface area contributed by atoms with Gasteiger partial charge in [-0.1, -0.05) is 0 Å². The average Bonchev–Trinajstić information content (AvgIpc) is 2.30. The van der Waals surface area contributed by atoms with E-state index in [-0.39, 0.29) is 0 Å². The van der Waals surface area contributed by atoms with Gasteiger partial charge in [0.25, 0.3) is 0 Å². The van der Waals surface area contributed by atoms with E-state index >= 15 is 0 Å². The molecule has 5 heteroatoms. The van der Waals surface area contributed by atoms with Crippen molar-refractivity contribution in [2.45, 2.75) is 13.5 Å². The van der Waals surface area contributed by atoms with Crippen LogP contribution in [0.2, 0.25) is 0 Å². The maximum atomic E-state index is 4.22. The zero-order chi connectivity index (χ0) is 10.5. The van der Waals surface area contributed by atoms with E-state index in [2.05, 4.69) is 25.5 Å². The lowest BCUT2D eigenvalue weighted by atomic mass is 10.4. The molecule has 0 aliphatic rings. The molecule has 0 bridgehead atoms. The van der Waals surface area contributed by atoms with E-state index in [0.717, 1.165) is 17.2 Å². The molecule has 0 unspecified atom stereocenters.